The number of hydrogen-bond acceptors (Lipinski definition) is 0. The number of fused-ring (bicyclic) bond motifs is 3. The Balaban J connectivity index is 2.59. The highest BCUT2D eigenvalue weighted by atomic mass is 14.9. The lowest BCUT2D eigenvalue weighted by molar-refractivity contribution is 0.918. The number of benzene rings is 1. The van der Waals surface area contributed by atoms with Gasteiger partial charge in [0.25, 0.3) is 0 Å². The van der Waals surface area contributed by atoms with Gasteiger partial charge in [-0.3, -0.25) is 0 Å². The van der Waals surface area contributed by atoms with E-state index in [1.165, 1.54) is 33.2 Å². The lowest BCUT2D eigenvalue weighted by Gasteiger charge is -1.98. The summed E-state index contributed by atoms with van der Waals surface area (Å²) < 4.78 is 2.23. The molecule has 0 fully saturated rings. The fourth-order valence-corrected chi connectivity index (χ4v) is 2.29. The third-order valence-electron chi connectivity index (χ3n) is 3.19. The molecule has 0 spiro atoms. The number of aryl methyl sites for hydroxylation is 3. The average molecular weight is 198 g/mol. The maximum absolute atomic E-state index is 3.43. The first kappa shape index (κ1) is 8.60. The highest BCUT2D eigenvalue weighted by molar-refractivity contribution is 6.05. The summed E-state index contributed by atoms with van der Waals surface area (Å²) in [5, 5.41) is 2.62. The van der Waals surface area contributed by atoms with E-state index in [0.717, 1.165) is 0 Å². The van der Waals surface area contributed by atoms with Crippen molar-refractivity contribution in [3.8, 4) is 0 Å². The van der Waals surface area contributed by atoms with E-state index in [1.54, 1.807) is 0 Å². The molecule has 3 rings (SSSR count). The third kappa shape index (κ3) is 1.05. The van der Waals surface area contributed by atoms with Crippen LogP contribution >= 0.6 is 0 Å². The second-order valence-electron chi connectivity index (χ2n) is 4.26. The van der Waals surface area contributed by atoms with Crippen molar-refractivity contribution < 1.29 is 0 Å². The van der Waals surface area contributed by atoms with Crippen LogP contribution in [0.5, 0.6) is 0 Å². The molecule has 1 aromatic carbocycles. The van der Waals surface area contributed by atoms with Crippen LogP contribution in [0.1, 0.15) is 11.4 Å². The van der Waals surface area contributed by atoms with Crippen molar-refractivity contribution in [2.45, 2.75) is 13.8 Å². The van der Waals surface area contributed by atoms with Crippen LogP contribution in [0.25, 0.3) is 21.8 Å². The van der Waals surface area contributed by atoms with Gasteiger partial charge in [-0.2, -0.15) is 0 Å². The Labute approximate surface area is 88.5 Å². The molecule has 2 heterocycles. The lowest BCUT2D eigenvalue weighted by Crippen LogP contribution is -1.88. The molecule has 76 valence electrons. The van der Waals surface area contributed by atoms with Crippen molar-refractivity contribution in [2.24, 2.45) is 7.05 Å². The minimum atomic E-state index is 1.22. The molecule has 15 heavy (non-hydrogen) atoms. The summed E-state index contributed by atoms with van der Waals surface area (Å²) in [5.74, 6) is 0. The number of nitrogens with one attached hydrogen (secondary N) is 1. The average Bonchev–Trinajstić information content (AvgIpc) is 2.69. The Bertz CT molecular complexity index is 656. The van der Waals surface area contributed by atoms with Crippen molar-refractivity contribution in [1.29, 1.82) is 0 Å². The summed E-state index contributed by atoms with van der Waals surface area (Å²) in [6.45, 7) is 4.24. The van der Waals surface area contributed by atoms with Crippen LogP contribution < -0.4 is 0 Å². The quantitative estimate of drug-likeness (QED) is 0.572. The second-order valence-corrected chi connectivity index (χ2v) is 4.26. The molecule has 0 bridgehead atoms. The van der Waals surface area contributed by atoms with E-state index in [9.17, 15) is 0 Å². The molecule has 0 amide bonds. The maximum atomic E-state index is 3.43. The predicted octanol–water partition coefficient (Wildman–Crippen LogP) is 3.28. The van der Waals surface area contributed by atoms with Gasteiger partial charge in [0.2, 0.25) is 0 Å². The largest absolute Gasteiger partial charge is 0.358 e. The minimum absolute atomic E-state index is 1.22. The third-order valence-corrected chi connectivity index (χ3v) is 3.19. The molecule has 0 aliphatic rings. The normalized spacial score (nSPS) is 11.7. The zero-order chi connectivity index (χ0) is 10.6. The van der Waals surface area contributed by atoms with E-state index < -0.39 is 0 Å². The van der Waals surface area contributed by atoms with Crippen molar-refractivity contribution in [3.05, 3.63) is 35.7 Å². The van der Waals surface area contributed by atoms with Crippen LogP contribution in [0.15, 0.2) is 24.3 Å². The van der Waals surface area contributed by atoms with Gasteiger partial charge in [0.1, 0.15) is 0 Å². The smallest absolute Gasteiger partial charge is 0.0551 e. The maximum Gasteiger partial charge on any atom is 0.0551 e. The zero-order valence-corrected chi connectivity index (χ0v) is 9.26. The second kappa shape index (κ2) is 2.66. The van der Waals surface area contributed by atoms with Crippen LogP contribution in [-0.4, -0.2) is 9.55 Å². The minimum Gasteiger partial charge on any atom is -0.358 e. The molecule has 0 radical (unpaired) electrons. The summed E-state index contributed by atoms with van der Waals surface area (Å²) in [6.07, 6.45) is 0. The molecular formula is C13H14N2. The van der Waals surface area contributed by atoms with Crippen LogP contribution in [0.4, 0.5) is 0 Å². The van der Waals surface area contributed by atoms with Gasteiger partial charge >= 0.3 is 0 Å². The Hall–Kier alpha value is -1.70. The van der Waals surface area contributed by atoms with Crippen LogP contribution in [-0.2, 0) is 7.05 Å². The molecule has 0 aliphatic carbocycles. The van der Waals surface area contributed by atoms with E-state index in [1.807, 2.05) is 0 Å². The van der Waals surface area contributed by atoms with E-state index in [4.69, 9.17) is 0 Å². The standard InChI is InChI=1S/C13H14N2/c1-8-6-10-4-5-12-11(13(10)14-8)7-9(2)15(12)3/h4-7,14H,1-3H3. The molecule has 0 unspecified atom stereocenters. The molecule has 0 saturated carbocycles. The van der Waals surface area contributed by atoms with Gasteiger partial charge in [0.15, 0.2) is 0 Å². The molecule has 3 aromatic rings. The van der Waals surface area contributed by atoms with Crippen LogP contribution in [0.3, 0.4) is 0 Å². The summed E-state index contributed by atoms with van der Waals surface area (Å²) in [7, 11) is 2.11. The first-order chi connectivity index (χ1) is 7.16. The van der Waals surface area contributed by atoms with E-state index in [0.29, 0.717) is 0 Å². The lowest BCUT2D eigenvalue weighted by atomic mass is 10.2. The molecule has 1 N–H and O–H groups in total. The van der Waals surface area contributed by atoms with Crippen molar-refractivity contribution in [2.75, 3.05) is 0 Å². The Morgan fingerprint density at radius 1 is 1.13 bits per heavy atom. The van der Waals surface area contributed by atoms with Crippen LogP contribution in [0, 0.1) is 13.8 Å². The Morgan fingerprint density at radius 2 is 1.93 bits per heavy atom. The van der Waals surface area contributed by atoms with E-state index in [-0.39, 0.29) is 0 Å². The fraction of sp³-hybridized carbons (Fsp3) is 0.231. The SMILES string of the molecule is Cc1cc2ccc3c(cc(C)n3C)c2[nH]1. The Kier molecular flexibility index (Phi) is 1.52. The van der Waals surface area contributed by atoms with Crippen molar-refractivity contribution >= 4 is 21.8 Å². The Morgan fingerprint density at radius 3 is 2.73 bits per heavy atom. The van der Waals surface area contributed by atoms with Crippen LogP contribution in [0.2, 0.25) is 0 Å². The van der Waals surface area contributed by atoms with Gasteiger partial charge in [-0.1, -0.05) is 6.07 Å². The molecular weight excluding hydrogens is 184 g/mol. The summed E-state index contributed by atoms with van der Waals surface area (Å²) in [5.41, 5.74) is 5.07. The number of aromatic nitrogens is 2. The summed E-state index contributed by atoms with van der Waals surface area (Å²) >= 11 is 0. The van der Waals surface area contributed by atoms with Gasteiger partial charge in [-0.25, -0.2) is 0 Å². The topological polar surface area (TPSA) is 20.7 Å². The highest BCUT2D eigenvalue weighted by Crippen LogP contribution is 2.27. The van der Waals surface area contributed by atoms with Crippen molar-refractivity contribution in [1.82, 2.24) is 9.55 Å². The summed E-state index contributed by atoms with van der Waals surface area (Å²) in [6, 6.07) is 8.81. The summed E-state index contributed by atoms with van der Waals surface area (Å²) in [4.78, 5) is 3.43. The molecule has 0 atom stereocenters. The number of hydrogen-bond donors (Lipinski definition) is 1. The number of rotatable bonds is 0. The monoisotopic (exact) mass is 198 g/mol. The highest BCUT2D eigenvalue weighted by Gasteiger charge is 2.07. The van der Waals surface area contributed by atoms with Gasteiger partial charge in [0, 0.05) is 29.2 Å². The first-order valence-electron chi connectivity index (χ1n) is 5.21. The number of nitrogens with zero attached hydrogens (tertiary/aromatic N) is 1. The van der Waals surface area contributed by atoms with Gasteiger partial charge < -0.3 is 9.55 Å². The van der Waals surface area contributed by atoms with Gasteiger partial charge in [0.05, 0.1) is 11.0 Å². The molecule has 2 aromatic heterocycles. The molecule has 0 saturated heterocycles. The molecule has 0 aliphatic heterocycles. The van der Waals surface area contributed by atoms with E-state index >= 15 is 0 Å². The zero-order valence-electron chi connectivity index (χ0n) is 9.26. The number of H-pyrrole nitrogens is 1. The van der Waals surface area contributed by atoms with Crippen molar-refractivity contribution in [3.63, 3.8) is 0 Å². The molecule has 2 heteroatoms. The molecule has 2 nitrogen and oxygen atoms in total. The number of aromatic amines is 1. The predicted molar refractivity (Wildman–Crippen MR) is 64.2 cm³/mol. The van der Waals surface area contributed by atoms with Gasteiger partial charge in [-0.05, 0) is 32.0 Å². The first-order valence-corrected chi connectivity index (χ1v) is 5.21. The fourth-order valence-electron chi connectivity index (χ4n) is 2.29. The van der Waals surface area contributed by atoms with E-state index in [2.05, 4.69) is 54.7 Å². The van der Waals surface area contributed by atoms with Gasteiger partial charge in [-0.15, -0.1) is 0 Å².